The van der Waals surface area contributed by atoms with E-state index in [0.717, 1.165) is 16.7 Å². The number of carbonyl (C=O) groups is 1. The Bertz CT molecular complexity index is 955. The maximum atomic E-state index is 12.5. The number of rotatable bonds is 5. The minimum Gasteiger partial charge on any atom is -0.479 e. The molecule has 3 aromatic rings. The molecule has 1 aliphatic heterocycles. The normalized spacial score (nSPS) is 21.3. The third-order valence-electron chi connectivity index (χ3n) is 4.77. The van der Waals surface area contributed by atoms with Gasteiger partial charge in [0.2, 0.25) is 11.4 Å². The van der Waals surface area contributed by atoms with Crippen LogP contribution in [-0.2, 0) is 16.0 Å². The molecule has 0 unspecified atom stereocenters. The van der Waals surface area contributed by atoms with Gasteiger partial charge in [0.1, 0.15) is 0 Å². The number of hydrogen-bond donors (Lipinski definition) is 1. The van der Waals surface area contributed by atoms with Gasteiger partial charge in [0.25, 0.3) is 0 Å². The van der Waals surface area contributed by atoms with Gasteiger partial charge in [-0.25, -0.2) is 9.79 Å². The average molecular weight is 357 g/mol. The Kier molecular flexibility index (Phi) is 4.47. The third kappa shape index (κ3) is 3.22. The van der Waals surface area contributed by atoms with Gasteiger partial charge in [0.15, 0.2) is 6.10 Å². The second-order valence-electron chi connectivity index (χ2n) is 6.58. The predicted molar refractivity (Wildman–Crippen MR) is 104 cm³/mol. The largest absolute Gasteiger partial charge is 0.479 e. The number of hydrogen-bond acceptors (Lipinski definition) is 3. The summed E-state index contributed by atoms with van der Waals surface area (Å²) in [6.07, 6.45) is -0.453. The summed E-state index contributed by atoms with van der Waals surface area (Å²) in [6, 6.07) is 28.4. The van der Waals surface area contributed by atoms with Crippen LogP contribution in [0.3, 0.4) is 0 Å². The van der Waals surface area contributed by atoms with Gasteiger partial charge >= 0.3 is 5.97 Å². The van der Waals surface area contributed by atoms with Crippen molar-refractivity contribution in [1.82, 2.24) is 0 Å². The van der Waals surface area contributed by atoms with Crippen molar-refractivity contribution in [3.63, 3.8) is 0 Å². The van der Waals surface area contributed by atoms with E-state index >= 15 is 0 Å². The maximum Gasteiger partial charge on any atom is 0.336 e. The number of carboxylic acids is 1. The Morgan fingerprint density at radius 3 is 2.04 bits per heavy atom. The van der Waals surface area contributed by atoms with E-state index in [1.807, 2.05) is 91.0 Å². The van der Waals surface area contributed by atoms with Gasteiger partial charge in [-0.3, -0.25) is 0 Å². The van der Waals surface area contributed by atoms with E-state index in [0.29, 0.717) is 5.90 Å². The van der Waals surface area contributed by atoms with E-state index in [9.17, 15) is 9.90 Å². The number of nitrogens with zero attached hydrogens (tertiary/aromatic N) is 1. The molecule has 0 saturated carbocycles. The fraction of sp³-hybridized carbons (Fsp3) is 0.130. The lowest BCUT2D eigenvalue weighted by Crippen LogP contribution is -2.43. The number of carboxylic acid groups (broad SMARTS) is 1. The van der Waals surface area contributed by atoms with Crippen LogP contribution in [-0.4, -0.2) is 22.5 Å². The summed E-state index contributed by atoms with van der Waals surface area (Å²) in [6.45, 7) is 0. The number of aliphatic carboxylic acids is 1. The summed E-state index contributed by atoms with van der Waals surface area (Å²) in [7, 11) is 0. The summed E-state index contributed by atoms with van der Waals surface area (Å²) in [5.74, 6) is -0.631. The summed E-state index contributed by atoms with van der Waals surface area (Å²) in [4.78, 5) is 17.1. The number of aliphatic imine (C=N–C) groups is 1. The summed E-state index contributed by atoms with van der Waals surface area (Å²) >= 11 is 0. The van der Waals surface area contributed by atoms with Crippen molar-refractivity contribution in [2.75, 3.05) is 0 Å². The minimum atomic E-state index is -1.42. The Labute approximate surface area is 157 Å². The standard InChI is InChI=1S/C23H19NO3/c25-22(26)23(16-17-10-4-1-5-11-17)20(18-12-6-2-7-13-18)27-21(24-23)19-14-8-3-9-15-19/h1-15,20H,16H2,(H,25,26)/t20-,23+/m0/s1. The zero-order valence-electron chi connectivity index (χ0n) is 14.7. The predicted octanol–water partition coefficient (Wildman–Crippen LogP) is 4.27. The fourth-order valence-corrected chi connectivity index (χ4v) is 3.44. The van der Waals surface area contributed by atoms with Gasteiger partial charge in [0.05, 0.1) is 0 Å². The van der Waals surface area contributed by atoms with Crippen LogP contribution in [0, 0.1) is 0 Å². The van der Waals surface area contributed by atoms with E-state index in [4.69, 9.17) is 4.74 Å². The first-order valence-corrected chi connectivity index (χ1v) is 8.83. The van der Waals surface area contributed by atoms with Crippen LogP contribution in [0.25, 0.3) is 0 Å². The van der Waals surface area contributed by atoms with Crippen LogP contribution in [0.4, 0.5) is 0 Å². The van der Waals surface area contributed by atoms with Crippen LogP contribution >= 0.6 is 0 Å². The zero-order chi connectivity index (χ0) is 18.7. The van der Waals surface area contributed by atoms with Gasteiger partial charge in [-0.05, 0) is 23.3 Å². The highest BCUT2D eigenvalue weighted by Crippen LogP contribution is 2.42. The van der Waals surface area contributed by atoms with Crippen LogP contribution in [0.1, 0.15) is 22.8 Å². The molecule has 1 heterocycles. The van der Waals surface area contributed by atoms with Crippen molar-refractivity contribution in [3.05, 3.63) is 108 Å². The van der Waals surface area contributed by atoms with Crippen LogP contribution in [0.5, 0.6) is 0 Å². The zero-order valence-corrected chi connectivity index (χ0v) is 14.7. The van der Waals surface area contributed by atoms with Gasteiger partial charge in [0, 0.05) is 12.0 Å². The van der Waals surface area contributed by atoms with Crippen molar-refractivity contribution < 1.29 is 14.6 Å². The molecule has 4 heteroatoms. The molecule has 0 aromatic heterocycles. The number of benzene rings is 3. The lowest BCUT2D eigenvalue weighted by atomic mass is 9.83. The SMILES string of the molecule is O=C(O)[C@]1(Cc2ccccc2)N=C(c2ccccc2)O[C@H]1c1ccccc1. The van der Waals surface area contributed by atoms with E-state index in [1.54, 1.807) is 0 Å². The molecule has 1 aliphatic rings. The van der Waals surface area contributed by atoms with Gasteiger partial charge < -0.3 is 9.84 Å². The summed E-state index contributed by atoms with van der Waals surface area (Å²) in [5, 5.41) is 10.2. The molecule has 0 fully saturated rings. The number of ether oxygens (including phenoxy) is 1. The molecule has 0 spiro atoms. The van der Waals surface area contributed by atoms with Crippen molar-refractivity contribution in [1.29, 1.82) is 0 Å². The quantitative estimate of drug-likeness (QED) is 0.742. The molecule has 0 radical (unpaired) electrons. The molecule has 1 N–H and O–H groups in total. The molecular formula is C23H19NO3. The highest BCUT2D eigenvalue weighted by atomic mass is 16.5. The molecule has 2 atom stereocenters. The Morgan fingerprint density at radius 1 is 0.889 bits per heavy atom. The molecule has 27 heavy (non-hydrogen) atoms. The van der Waals surface area contributed by atoms with Crippen molar-refractivity contribution >= 4 is 11.9 Å². The fourth-order valence-electron chi connectivity index (χ4n) is 3.44. The molecule has 4 nitrogen and oxygen atoms in total. The first kappa shape index (κ1) is 17.0. The molecule has 3 aromatic carbocycles. The Morgan fingerprint density at radius 2 is 1.44 bits per heavy atom. The van der Waals surface area contributed by atoms with Crippen molar-refractivity contribution in [2.45, 2.75) is 18.1 Å². The first-order chi connectivity index (χ1) is 13.2. The third-order valence-corrected chi connectivity index (χ3v) is 4.77. The van der Waals surface area contributed by atoms with Gasteiger partial charge in [-0.15, -0.1) is 0 Å². The smallest absolute Gasteiger partial charge is 0.336 e. The summed E-state index contributed by atoms with van der Waals surface area (Å²) < 4.78 is 6.15. The van der Waals surface area contributed by atoms with Crippen LogP contribution in [0.15, 0.2) is 96.0 Å². The summed E-state index contributed by atoms with van der Waals surface area (Å²) in [5.41, 5.74) is 1.05. The second kappa shape index (κ2) is 7.08. The molecule has 134 valence electrons. The van der Waals surface area contributed by atoms with E-state index in [2.05, 4.69) is 4.99 Å². The van der Waals surface area contributed by atoms with Gasteiger partial charge in [-0.2, -0.15) is 0 Å². The molecular weight excluding hydrogens is 338 g/mol. The van der Waals surface area contributed by atoms with Gasteiger partial charge in [-0.1, -0.05) is 78.9 Å². The van der Waals surface area contributed by atoms with Crippen LogP contribution in [0.2, 0.25) is 0 Å². The first-order valence-electron chi connectivity index (χ1n) is 8.83. The minimum absolute atomic E-state index is 0.249. The monoisotopic (exact) mass is 357 g/mol. The molecule has 0 aliphatic carbocycles. The van der Waals surface area contributed by atoms with Crippen molar-refractivity contribution in [3.8, 4) is 0 Å². The van der Waals surface area contributed by atoms with E-state index in [-0.39, 0.29) is 6.42 Å². The van der Waals surface area contributed by atoms with Crippen molar-refractivity contribution in [2.24, 2.45) is 4.99 Å². The topological polar surface area (TPSA) is 58.9 Å². The van der Waals surface area contributed by atoms with E-state index < -0.39 is 17.6 Å². The molecule has 0 amide bonds. The molecule has 0 bridgehead atoms. The molecule has 0 saturated heterocycles. The highest BCUT2D eigenvalue weighted by Gasteiger charge is 2.53. The maximum absolute atomic E-state index is 12.5. The Hall–Kier alpha value is -3.40. The Balaban J connectivity index is 1.83. The van der Waals surface area contributed by atoms with Crippen LogP contribution < -0.4 is 0 Å². The van der Waals surface area contributed by atoms with E-state index in [1.165, 1.54) is 0 Å². The molecule has 4 rings (SSSR count). The second-order valence-corrected chi connectivity index (χ2v) is 6.58. The average Bonchev–Trinajstić information content (AvgIpc) is 3.11. The lowest BCUT2D eigenvalue weighted by molar-refractivity contribution is -0.146. The highest BCUT2D eigenvalue weighted by molar-refractivity contribution is 5.99. The lowest BCUT2D eigenvalue weighted by Gasteiger charge is -2.27.